The van der Waals surface area contributed by atoms with E-state index in [9.17, 15) is 13.2 Å². The number of nitrogens with one attached hydrogen (secondary N) is 1. The highest BCUT2D eigenvalue weighted by molar-refractivity contribution is 7.92. The number of hydrogen-bond acceptors (Lipinski definition) is 4. The zero-order valence-electron chi connectivity index (χ0n) is 18.7. The van der Waals surface area contributed by atoms with E-state index in [-0.39, 0.29) is 10.8 Å². The average molecular weight is 445 g/mol. The third-order valence-corrected chi connectivity index (χ3v) is 6.58. The molecule has 31 heavy (non-hydrogen) atoms. The van der Waals surface area contributed by atoms with Crippen molar-refractivity contribution in [3.05, 3.63) is 48.0 Å². The molecule has 1 N–H and O–H groups in total. The van der Waals surface area contributed by atoms with Gasteiger partial charge in [0.05, 0.1) is 11.5 Å². The zero-order valence-corrected chi connectivity index (χ0v) is 19.5. The summed E-state index contributed by atoms with van der Waals surface area (Å²) in [5.41, 5.74) is 2.37. The molecule has 0 radical (unpaired) electrons. The fraction of sp³-hybridized carbons (Fsp3) is 0.458. The standard InChI is InChI=1S/C24H32N2O4S/c1-17(2)13-14-26-23-11-6-20(15-19(23)5-12-24(26)27)25-31(28,29)22-9-7-21(8-10-22)30-16-18(3)4/h6-11,15,17-18,25H,5,12-14,16H2,1-4H3. The first-order valence-corrected chi connectivity index (χ1v) is 12.3. The van der Waals surface area contributed by atoms with Crippen LogP contribution in [-0.4, -0.2) is 27.5 Å². The van der Waals surface area contributed by atoms with Crippen LogP contribution < -0.4 is 14.4 Å². The minimum absolute atomic E-state index is 0.126. The largest absolute Gasteiger partial charge is 0.493 e. The molecule has 0 saturated carbocycles. The summed E-state index contributed by atoms with van der Waals surface area (Å²) in [6, 6.07) is 11.8. The van der Waals surface area contributed by atoms with Crippen molar-refractivity contribution in [1.82, 2.24) is 0 Å². The molecular formula is C24H32N2O4S. The first kappa shape index (κ1) is 23.1. The second-order valence-electron chi connectivity index (χ2n) is 8.85. The SMILES string of the molecule is CC(C)CCN1C(=O)CCc2cc(NS(=O)(=O)c3ccc(OCC(C)C)cc3)ccc21. The van der Waals surface area contributed by atoms with Gasteiger partial charge in [-0.3, -0.25) is 9.52 Å². The summed E-state index contributed by atoms with van der Waals surface area (Å²) in [5, 5.41) is 0. The van der Waals surface area contributed by atoms with Crippen LogP contribution in [0.1, 0.15) is 46.1 Å². The lowest BCUT2D eigenvalue weighted by molar-refractivity contribution is -0.118. The number of carbonyl (C=O) groups excluding carboxylic acids is 1. The van der Waals surface area contributed by atoms with Crippen LogP contribution in [0.5, 0.6) is 5.75 Å². The number of ether oxygens (including phenoxy) is 1. The van der Waals surface area contributed by atoms with Crippen LogP contribution >= 0.6 is 0 Å². The highest BCUT2D eigenvalue weighted by Gasteiger charge is 2.25. The topological polar surface area (TPSA) is 75.7 Å². The van der Waals surface area contributed by atoms with E-state index in [0.717, 1.165) is 17.7 Å². The molecular weight excluding hydrogens is 412 g/mol. The number of carbonyl (C=O) groups is 1. The van der Waals surface area contributed by atoms with Gasteiger partial charge in [-0.25, -0.2) is 8.42 Å². The molecule has 0 aliphatic carbocycles. The maximum absolute atomic E-state index is 12.8. The van der Waals surface area contributed by atoms with Gasteiger partial charge >= 0.3 is 0 Å². The number of aryl methyl sites for hydroxylation is 1. The van der Waals surface area contributed by atoms with E-state index in [1.54, 1.807) is 30.3 Å². The number of amides is 1. The van der Waals surface area contributed by atoms with Gasteiger partial charge in [-0.1, -0.05) is 27.7 Å². The van der Waals surface area contributed by atoms with Crippen LogP contribution in [0, 0.1) is 11.8 Å². The van der Waals surface area contributed by atoms with Crippen molar-refractivity contribution in [1.29, 1.82) is 0 Å². The Labute approximate surface area is 185 Å². The summed E-state index contributed by atoms with van der Waals surface area (Å²) in [6.07, 6.45) is 1.99. The van der Waals surface area contributed by atoms with Crippen LogP contribution in [0.3, 0.4) is 0 Å². The highest BCUT2D eigenvalue weighted by Crippen LogP contribution is 2.31. The minimum atomic E-state index is -3.72. The van der Waals surface area contributed by atoms with Crippen molar-refractivity contribution in [2.24, 2.45) is 11.8 Å². The van der Waals surface area contributed by atoms with Gasteiger partial charge in [0.25, 0.3) is 10.0 Å². The Kier molecular flexibility index (Phi) is 7.26. The molecule has 1 aliphatic heterocycles. The van der Waals surface area contributed by atoms with Gasteiger partial charge in [-0.2, -0.15) is 0 Å². The van der Waals surface area contributed by atoms with Gasteiger partial charge in [-0.15, -0.1) is 0 Å². The second kappa shape index (κ2) is 9.73. The lowest BCUT2D eigenvalue weighted by Gasteiger charge is -2.30. The number of rotatable bonds is 9. The molecule has 0 atom stereocenters. The van der Waals surface area contributed by atoms with Crippen molar-refractivity contribution in [2.45, 2.75) is 51.9 Å². The Balaban J connectivity index is 1.74. The van der Waals surface area contributed by atoms with E-state index >= 15 is 0 Å². The highest BCUT2D eigenvalue weighted by atomic mass is 32.2. The fourth-order valence-electron chi connectivity index (χ4n) is 3.45. The van der Waals surface area contributed by atoms with E-state index in [4.69, 9.17) is 4.74 Å². The molecule has 2 aromatic carbocycles. The molecule has 1 heterocycles. The van der Waals surface area contributed by atoms with E-state index in [1.165, 1.54) is 0 Å². The molecule has 168 valence electrons. The predicted molar refractivity (Wildman–Crippen MR) is 124 cm³/mol. The summed E-state index contributed by atoms with van der Waals surface area (Å²) < 4.78 is 33.9. The van der Waals surface area contributed by atoms with Gasteiger partial charge in [0, 0.05) is 24.3 Å². The number of anilines is 2. The van der Waals surface area contributed by atoms with Crippen LogP contribution in [0.25, 0.3) is 0 Å². The molecule has 0 saturated heterocycles. The maximum atomic E-state index is 12.8. The first-order chi connectivity index (χ1) is 14.7. The first-order valence-electron chi connectivity index (χ1n) is 10.8. The number of sulfonamides is 1. The number of fused-ring (bicyclic) bond motifs is 1. The number of hydrogen-bond donors (Lipinski definition) is 1. The summed E-state index contributed by atoms with van der Waals surface area (Å²) >= 11 is 0. The molecule has 1 aliphatic rings. The van der Waals surface area contributed by atoms with Crippen LogP contribution in [-0.2, 0) is 21.2 Å². The Hall–Kier alpha value is -2.54. The molecule has 0 unspecified atom stereocenters. The quantitative estimate of drug-likeness (QED) is 0.600. The van der Waals surface area contributed by atoms with Gasteiger partial charge in [0.2, 0.25) is 5.91 Å². The monoisotopic (exact) mass is 444 g/mol. The van der Waals surface area contributed by atoms with Gasteiger partial charge in [0.15, 0.2) is 0 Å². The van der Waals surface area contributed by atoms with Crippen molar-refractivity contribution in [3.63, 3.8) is 0 Å². The third-order valence-electron chi connectivity index (χ3n) is 5.18. The van der Waals surface area contributed by atoms with Crippen molar-refractivity contribution < 1.29 is 17.9 Å². The predicted octanol–water partition coefficient (Wildman–Crippen LogP) is 4.85. The molecule has 2 aromatic rings. The van der Waals surface area contributed by atoms with E-state index in [1.807, 2.05) is 17.0 Å². The lowest BCUT2D eigenvalue weighted by atomic mass is 9.99. The number of nitrogens with zero attached hydrogens (tertiary/aromatic N) is 1. The zero-order chi connectivity index (χ0) is 22.6. The molecule has 0 aromatic heterocycles. The molecule has 0 fully saturated rings. The average Bonchev–Trinajstić information content (AvgIpc) is 2.71. The summed E-state index contributed by atoms with van der Waals surface area (Å²) in [5.74, 6) is 1.67. The normalized spacial score (nSPS) is 14.1. The summed E-state index contributed by atoms with van der Waals surface area (Å²) in [4.78, 5) is 14.4. The maximum Gasteiger partial charge on any atom is 0.261 e. The molecule has 3 rings (SSSR count). The van der Waals surface area contributed by atoms with E-state index < -0.39 is 10.0 Å². The smallest absolute Gasteiger partial charge is 0.261 e. The Morgan fingerprint density at radius 3 is 2.35 bits per heavy atom. The molecule has 6 nitrogen and oxygen atoms in total. The molecule has 1 amide bonds. The minimum Gasteiger partial charge on any atom is -0.493 e. The van der Waals surface area contributed by atoms with Crippen molar-refractivity contribution in [2.75, 3.05) is 22.8 Å². The fourth-order valence-corrected chi connectivity index (χ4v) is 4.50. The van der Waals surface area contributed by atoms with Crippen LogP contribution in [0.2, 0.25) is 0 Å². The molecule has 0 bridgehead atoms. The molecule has 0 spiro atoms. The van der Waals surface area contributed by atoms with Crippen molar-refractivity contribution >= 4 is 27.3 Å². The van der Waals surface area contributed by atoms with Crippen LogP contribution in [0.4, 0.5) is 11.4 Å². The van der Waals surface area contributed by atoms with Gasteiger partial charge < -0.3 is 9.64 Å². The van der Waals surface area contributed by atoms with Gasteiger partial charge in [0.1, 0.15) is 5.75 Å². The Bertz CT molecular complexity index is 1010. The molecule has 7 heteroatoms. The number of benzene rings is 2. The summed E-state index contributed by atoms with van der Waals surface area (Å²) in [6.45, 7) is 9.64. The van der Waals surface area contributed by atoms with Crippen LogP contribution in [0.15, 0.2) is 47.4 Å². The Morgan fingerprint density at radius 2 is 1.71 bits per heavy atom. The lowest BCUT2D eigenvalue weighted by Crippen LogP contribution is -2.36. The Morgan fingerprint density at radius 1 is 1.00 bits per heavy atom. The van der Waals surface area contributed by atoms with E-state index in [0.29, 0.717) is 49.3 Å². The summed E-state index contributed by atoms with van der Waals surface area (Å²) in [7, 11) is -3.72. The third kappa shape index (κ3) is 6.00. The van der Waals surface area contributed by atoms with E-state index in [2.05, 4.69) is 32.4 Å². The van der Waals surface area contributed by atoms with Gasteiger partial charge in [-0.05, 0) is 72.7 Å². The second-order valence-corrected chi connectivity index (χ2v) is 10.5. The van der Waals surface area contributed by atoms with Crippen molar-refractivity contribution in [3.8, 4) is 5.75 Å².